The van der Waals surface area contributed by atoms with Gasteiger partial charge in [-0.05, 0) is 0 Å². The van der Waals surface area contributed by atoms with Gasteiger partial charge in [-0.2, -0.15) is 0 Å². The van der Waals surface area contributed by atoms with Crippen LogP contribution in [0.15, 0.2) is 0 Å². The molecule has 0 saturated carbocycles. The molecule has 0 aromatic heterocycles. The summed E-state index contributed by atoms with van der Waals surface area (Å²) in [6.07, 6.45) is 0. The first kappa shape index (κ1) is 10.9. The second-order valence-corrected chi connectivity index (χ2v) is 6.29. The predicted octanol–water partition coefficient (Wildman–Crippen LogP) is 2.24. The second-order valence-electron chi connectivity index (χ2n) is 3.67. The van der Waals surface area contributed by atoms with E-state index in [1.54, 1.807) is 0 Å². The van der Waals surface area contributed by atoms with Crippen molar-refractivity contribution in [1.82, 2.24) is 0 Å². The van der Waals surface area contributed by atoms with E-state index in [2.05, 4.69) is 59.9 Å². The van der Waals surface area contributed by atoms with Crippen LogP contribution in [0.4, 0.5) is 0 Å². The maximum atomic E-state index is 3.62. The van der Waals surface area contributed by atoms with Crippen LogP contribution in [0.2, 0.25) is 0 Å². The maximum Gasteiger partial charge on any atom is 0.0918 e. The van der Waals surface area contributed by atoms with Crippen molar-refractivity contribution in [2.45, 2.75) is 16.6 Å². The summed E-state index contributed by atoms with van der Waals surface area (Å²) in [7, 11) is 6.59. The molecular weight excluding hydrogens is 258 g/mol. The Bertz CT molecular complexity index is 96.3. The zero-order valence-electron chi connectivity index (χ0n) is 7.06. The molecule has 0 aliphatic rings. The molecule has 3 heteroatoms. The Morgan fingerprint density at radius 1 is 1.20 bits per heavy atom. The van der Waals surface area contributed by atoms with Gasteiger partial charge in [-0.15, -0.1) is 0 Å². The summed E-state index contributed by atoms with van der Waals surface area (Å²) >= 11 is 7.15. The van der Waals surface area contributed by atoms with E-state index in [4.69, 9.17) is 0 Å². The molecule has 0 saturated heterocycles. The van der Waals surface area contributed by atoms with Gasteiger partial charge in [0.15, 0.2) is 0 Å². The molecular formula is C7H16Br2N+. The zero-order chi connectivity index (χ0) is 8.36. The summed E-state index contributed by atoms with van der Waals surface area (Å²) in [6, 6.07) is 0. The molecule has 0 aromatic rings. The van der Waals surface area contributed by atoms with Crippen LogP contribution in [-0.2, 0) is 0 Å². The molecule has 0 rings (SSSR count). The highest BCUT2D eigenvalue weighted by molar-refractivity contribution is 9.12. The third kappa shape index (κ3) is 5.69. The Kier molecular flexibility index (Phi) is 4.45. The van der Waals surface area contributed by atoms with Crippen molar-refractivity contribution in [1.29, 1.82) is 0 Å². The lowest BCUT2D eigenvalue weighted by molar-refractivity contribution is -0.869. The molecule has 0 amide bonds. The van der Waals surface area contributed by atoms with Crippen molar-refractivity contribution in [3.05, 3.63) is 0 Å². The first-order chi connectivity index (χ1) is 4.33. The van der Waals surface area contributed by atoms with E-state index in [0.717, 1.165) is 11.0 Å². The number of halogens is 2. The van der Waals surface area contributed by atoms with Crippen molar-refractivity contribution in [3.63, 3.8) is 0 Å². The van der Waals surface area contributed by atoms with E-state index < -0.39 is 0 Å². The largest absolute Gasteiger partial charge is 0.330 e. The summed E-state index contributed by atoms with van der Waals surface area (Å²) in [5.41, 5.74) is 0. The first-order valence-corrected chi connectivity index (χ1v) is 5.24. The van der Waals surface area contributed by atoms with Gasteiger partial charge in [0.1, 0.15) is 0 Å². The molecule has 0 spiro atoms. The minimum absolute atomic E-state index is 0.546. The lowest BCUT2D eigenvalue weighted by atomic mass is 10.3. The Balaban J connectivity index is 3.68. The van der Waals surface area contributed by atoms with E-state index in [-0.39, 0.29) is 0 Å². The second kappa shape index (κ2) is 4.07. The minimum Gasteiger partial charge on any atom is -0.330 e. The zero-order valence-corrected chi connectivity index (χ0v) is 10.2. The lowest BCUT2D eigenvalue weighted by Crippen LogP contribution is -2.41. The lowest BCUT2D eigenvalue weighted by Gasteiger charge is -2.27. The molecule has 0 N–H and O–H groups in total. The van der Waals surface area contributed by atoms with Gasteiger partial charge in [-0.1, -0.05) is 38.8 Å². The topological polar surface area (TPSA) is 0 Å². The Labute approximate surface area is 80.6 Å². The smallest absolute Gasteiger partial charge is 0.0918 e. The third-order valence-electron chi connectivity index (χ3n) is 1.22. The van der Waals surface area contributed by atoms with E-state index in [1.807, 2.05) is 0 Å². The van der Waals surface area contributed by atoms with Crippen molar-refractivity contribution in [2.24, 2.45) is 0 Å². The fourth-order valence-electron chi connectivity index (χ4n) is 0.668. The Morgan fingerprint density at radius 3 is 1.70 bits per heavy atom. The number of quaternary nitrogens is 1. The molecule has 2 atom stereocenters. The van der Waals surface area contributed by atoms with Crippen LogP contribution < -0.4 is 0 Å². The minimum atomic E-state index is 0.546. The molecule has 0 radical (unpaired) electrons. The average molecular weight is 274 g/mol. The molecule has 0 aliphatic heterocycles. The molecule has 0 bridgehead atoms. The van der Waals surface area contributed by atoms with Gasteiger partial charge < -0.3 is 4.48 Å². The molecule has 0 fully saturated rings. The number of alkyl halides is 2. The van der Waals surface area contributed by atoms with E-state index in [1.165, 1.54) is 0 Å². The molecule has 10 heavy (non-hydrogen) atoms. The van der Waals surface area contributed by atoms with Crippen LogP contribution in [0.3, 0.4) is 0 Å². The van der Waals surface area contributed by atoms with Crippen LogP contribution in [0, 0.1) is 0 Å². The monoisotopic (exact) mass is 272 g/mol. The highest BCUT2D eigenvalue weighted by Gasteiger charge is 2.18. The SMILES string of the molecule is C[C@H](Br)[C@@H](Br)C[N+](C)(C)C. The number of rotatable bonds is 3. The van der Waals surface area contributed by atoms with Gasteiger partial charge in [-0.3, -0.25) is 0 Å². The Morgan fingerprint density at radius 2 is 1.60 bits per heavy atom. The van der Waals surface area contributed by atoms with Crippen molar-refractivity contribution in [3.8, 4) is 0 Å². The van der Waals surface area contributed by atoms with E-state index in [0.29, 0.717) is 9.65 Å². The molecule has 0 aromatic carbocycles. The maximum absolute atomic E-state index is 3.62. The summed E-state index contributed by atoms with van der Waals surface area (Å²) in [5, 5.41) is 0. The molecule has 1 nitrogen and oxygen atoms in total. The van der Waals surface area contributed by atoms with Gasteiger partial charge in [0.2, 0.25) is 0 Å². The fraction of sp³-hybridized carbons (Fsp3) is 1.00. The van der Waals surface area contributed by atoms with E-state index in [9.17, 15) is 0 Å². The van der Waals surface area contributed by atoms with Gasteiger partial charge in [0.25, 0.3) is 0 Å². The summed E-state index contributed by atoms with van der Waals surface area (Å²) in [6.45, 7) is 3.31. The van der Waals surface area contributed by atoms with Gasteiger partial charge in [0.05, 0.1) is 32.5 Å². The Hall–Kier alpha value is 0.920. The summed E-state index contributed by atoms with van der Waals surface area (Å²) in [5.74, 6) is 0. The fourth-order valence-corrected chi connectivity index (χ4v) is 1.70. The predicted molar refractivity (Wildman–Crippen MR) is 54.0 cm³/mol. The van der Waals surface area contributed by atoms with Crippen molar-refractivity contribution in [2.75, 3.05) is 27.7 Å². The summed E-state index contributed by atoms with van der Waals surface area (Å²) in [4.78, 5) is 1.11. The third-order valence-corrected chi connectivity index (χ3v) is 3.65. The van der Waals surface area contributed by atoms with Crippen molar-refractivity contribution >= 4 is 31.9 Å². The summed E-state index contributed by atoms with van der Waals surface area (Å²) < 4.78 is 1.01. The van der Waals surface area contributed by atoms with Crippen LogP contribution in [0.25, 0.3) is 0 Å². The van der Waals surface area contributed by atoms with Gasteiger partial charge in [-0.25, -0.2) is 0 Å². The molecule has 0 unspecified atom stereocenters. The standard InChI is InChI=1S/C7H16Br2N/c1-6(8)7(9)5-10(2,3)4/h6-7H,5H2,1-4H3/q+1/t6-,7-/m0/s1. The molecule has 0 heterocycles. The van der Waals surface area contributed by atoms with Gasteiger partial charge in [0, 0.05) is 4.83 Å². The highest BCUT2D eigenvalue weighted by Crippen LogP contribution is 2.15. The number of hydrogen-bond acceptors (Lipinski definition) is 0. The normalized spacial score (nSPS) is 18.6. The quantitative estimate of drug-likeness (QED) is 0.547. The van der Waals surface area contributed by atoms with Crippen molar-refractivity contribution < 1.29 is 4.48 Å². The molecule has 62 valence electrons. The van der Waals surface area contributed by atoms with Crippen LogP contribution >= 0.6 is 31.9 Å². The highest BCUT2D eigenvalue weighted by atomic mass is 79.9. The number of hydrogen-bond donors (Lipinski definition) is 0. The van der Waals surface area contributed by atoms with E-state index >= 15 is 0 Å². The van der Waals surface area contributed by atoms with Crippen LogP contribution in [0.5, 0.6) is 0 Å². The first-order valence-electron chi connectivity index (χ1n) is 3.41. The number of nitrogens with zero attached hydrogens (tertiary/aromatic N) is 1. The van der Waals surface area contributed by atoms with Crippen LogP contribution in [0.1, 0.15) is 6.92 Å². The molecule has 0 aliphatic carbocycles. The van der Waals surface area contributed by atoms with Gasteiger partial charge >= 0.3 is 0 Å². The van der Waals surface area contributed by atoms with Crippen LogP contribution in [-0.4, -0.2) is 41.8 Å². The average Bonchev–Trinajstić information content (AvgIpc) is 1.60.